The van der Waals surface area contributed by atoms with E-state index in [0.29, 0.717) is 31.7 Å². The van der Waals surface area contributed by atoms with Gasteiger partial charge in [-0.15, -0.1) is 0 Å². The molecule has 0 saturated carbocycles. The largest absolute Gasteiger partial charge is 0.367 e. The average molecular weight is 431 g/mol. The molecule has 3 heterocycles. The summed E-state index contributed by atoms with van der Waals surface area (Å²) in [6, 6.07) is 12.8. The van der Waals surface area contributed by atoms with Gasteiger partial charge in [0.2, 0.25) is 5.91 Å². The Hall–Kier alpha value is -2.38. The van der Waals surface area contributed by atoms with E-state index in [1.807, 2.05) is 35.2 Å². The standard InChI is InChI=1S/C21H20ClFN4OS/c22-15-4-1-2-6-17(15)25-8-10-26(11-9-25)20(28)14-12-27(13-14)21-24-19-16(23)5-3-7-18(19)29-21/h1-7,14H,8-13H2. The first kappa shape index (κ1) is 18.6. The topological polar surface area (TPSA) is 39.7 Å². The van der Waals surface area contributed by atoms with Crippen LogP contribution in [0.1, 0.15) is 0 Å². The van der Waals surface area contributed by atoms with Gasteiger partial charge in [0.1, 0.15) is 11.3 Å². The molecule has 3 aromatic rings. The van der Waals surface area contributed by atoms with Crippen molar-refractivity contribution in [2.75, 3.05) is 49.1 Å². The molecular weight excluding hydrogens is 411 g/mol. The lowest BCUT2D eigenvalue weighted by molar-refractivity contribution is -0.136. The Morgan fingerprint density at radius 3 is 2.52 bits per heavy atom. The predicted octanol–water partition coefficient (Wildman–Crippen LogP) is 3.87. The fourth-order valence-corrected chi connectivity index (χ4v) is 5.22. The van der Waals surface area contributed by atoms with Crippen LogP contribution in [0.25, 0.3) is 10.2 Å². The van der Waals surface area contributed by atoms with Crippen molar-refractivity contribution >= 4 is 49.9 Å². The van der Waals surface area contributed by atoms with Gasteiger partial charge in [-0.2, -0.15) is 0 Å². The first-order valence-corrected chi connectivity index (χ1v) is 10.9. The molecule has 2 aliphatic rings. The maximum atomic E-state index is 13.9. The molecule has 2 fully saturated rings. The molecule has 0 bridgehead atoms. The van der Waals surface area contributed by atoms with Crippen LogP contribution in [-0.4, -0.2) is 55.1 Å². The number of thiazole rings is 1. The van der Waals surface area contributed by atoms with Gasteiger partial charge < -0.3 is 14.7 Å². The minimum Gasteiger partial charge on any atom is -0.367 e. The van der Waals surface area contributed by atoms with Gasteiger partial charge >= 0.3 is 0 Å². The highest BCUT2D eigenvalue weighted by molar-refractivity contribution is 7.22. The number of halogens is 2. The van der Waals surface area contributed by atoms with E-state index in [9.17, 15) is 9.18 Å². The van der Waals surface area contributed by atoms with Crippen LogP contribution in [0.3, 0.4) is 0 Å². The highest BCUT2D eigenvalue weighted by atomic mass is 35.5. The number of rotatable bonds is 3. The second kappa shape index (κ2) is 7.46. The second-order valence-electron chi connectivity index (χ2n) is 7.45. The summed E-state index contributed by atoms with van der Waals surface area (Å²) in [6.45, 7) is 4.25. The fraction of sp³-hybridized carbons (Fsp3) is 0.333. The third kappa shape index (κ3) is 3.42. The summed E-state index contributed by atoms with van der Waals surface area (Å²) in [5, 5.41) is 1.53. The van der Waals surface area contributed by atoms with Crippen LogP contribution in [0.2, 0.25) is 5.02 Å². The van der Waals surface area contributed by atoms with Crippen molar-refractivity contribution < 1.29 is 9.18 Å². The van der Waals surface area contributed by atoms with Gasteiger partial charge in [0.05, 0.1) is 21.3 Å². The van der Waals surface area contributed by atoms with E-state index in [1.165, 1.54) is 17.4 Å². The first-order valence-electron chi connectivity index (χ1n) is 9.68. The van der Waals surface area contributed by atoms with E-state index in [1.54, 1.807) is 6.07 Å². The zero-order chi connectivity index (χ0) is 20.0. The SMILES string of the molecule is O=C(C1CN(c2nc3c(F)cccc3s2)C1)N1CCN(c2ccccc2Cl)CC1. The summed E-state index contributed by atoms with van der Waals surface area (Å²) in [6.07, 6.45) is 0. The Morgan fingerprint density at radius 2 is 1.79 bits per heavy atom. The van der Waals surface area contributed by atoms with Gasteiger partial charge in [-0.3, -0.25) is 4.79 Å². The summed E-state index contributed by atoms with van der Waals surface area (Å²) < 4.78 is 14.7. The molecule has 1 aromatic heterocycles. The van der Waals surface area contributed by atoms with Crippen molar-refractivity contribution in [1.82, 2.24) is 9.88 Å². The first-order chi connectivity index (χ1) is 14.1. The number of para-hydroxylation sites is 2. The van der Waals surface area contributed by atoms with Gasteiger partial charge in [-0.25, -0.2) is 9.37 Å². The lowest BCUT2D eigenvalue weighted by atomic mass is 9.99. The van der Waals surface area contributed by atoms with E-state index in [4.69, 9.17) is 11.6 Å². The molecule has 150 valence electrons. The number of fused-ring (bicyclic) bond motifs is 1. The maximum absolute atomic E-state index is 13.9. The van der Waals surface area contributed by atoms with Crippen LogP contribution >= 0.6 is 22.9 Å². The molecule has 1 amide bonds. The Labute approximate surface area is 177 Å². The molecule has 2 aromatic carbocycles. The van der Waals surface area contributed by atoms with Gasteiger partial charge in [0, 0.05) is 39.3 Å². The molecule has 5 rings (SSSR count). The third-order valence-corrected chi connectivity index (χ3v) is 7.05. The second-order valence-corrected chi connectivity index (χ2v) is 8.86. The highest BCUT2D eigenvalue weighted by Gasteiger charge is 2.37. The van der Waals surface area contributed by atoms with E-state index >= 15 is 0 Å². The molecule has 5 nitrogen and oxygen atoms in total. The van der Waals surface area contributed by atoms with Crippen LogP contribution in [-0.2, 0) is 4.79 Å². The summed E-state index contributed by atoms with van der Waals surface area (Å²) in [4.78, 5) is 23.5. The Bertz CT molecular complexity index is 1060. The number of benzene rings is 2. The third-order valence-electron chi connectivity index (χ3n) is 5.64. The molecule has 0 unspecified atom stereocenters. The number of carbonyl (C=O) groups excluding carboxylic acids is 1. The van der Waals surface area contributed by atoms with E-state index in [0.717, 1.165) is 33.6 Å². The van der Waals surface area contributed by atoms with Crippen LogP contribution in [0.5, 0.6) is 0 Å². The zero-order valence-electron chi connectivity index (χ0n) is 15.7. The van der Waals surface area contributed by atoms with E-state index in [-0.39, 0.29) is 17.6 Å². The molecule has 0 N–H and O–H groups in total. The van der Waals surface area contributed by atoms with Crippen molar-refractivity contribution in [3.05, 3.63) is 53.3 Å². The van der Waals surface area contributed by atoms with Crippen molar-refractivity contribution in [3.8, 4) is 0 Å². The normalized spacial score (nSPS) is 17.7. The van der Waals surface area contributed by atoms with E-state index in [2.05, 4.69) is 14.8 Å². The van der Waals surface area contributed by atoms with Gasteiger partial charge in [-0.05, 0) is 24.3 Å². The summed E-state index contributed by atoms with van der Waals surface area (Å²) in [7, 11) is 0. The summed E-state index contributed by atoms with van der Waals surface area (Å²) >= 11 is 7.77. The zero-order valence-corrected chi connectivity index (χ0v) is 17.3. The number of hydrogen-bond donors (Lipinski definition) is 0. The summed E-state index contributed by atoms with van der Waals surface area (Å²) in [5.74, 6) is -0.111. The van der Waals surface area contributed by atoms with Crippen LogP contribution in [0.4, 0.5) is 15.2 Å². The van der Waals surface area contributed by atoms with Crippen LogP contribution < -0.4 is 9.80 Å². The molecule has 0 aliphatic carbocycles. The van der Waals surface area contributed by atoms with Crippen molar-refractivity contribution in [3.63, 3.8) is 0 Å². The van der Waals surface area contributed by atoms with Crippen LogP contribution in [0, 0.1) is 11.7 Å². The maximum Gasteiger partial charge on any atom is 0.229 e. The Kier molecular flexibility index (Phi) is 4.80. The molecule has 0 atom stereocenters. The number of hydrogen-bond acceptors (Lipinski definition) is 5. The number of piperazine rings is 1. The smallest absolute Gasteiger partial charge is 0.229 e. The van der Waals surface area contributed by atoms with Crippen molar-refractivity contribution in [2.45, 2.75) is 0 Å². The number of nitrogens with zero attached hydrogens (tertiary/aromatic N) is 4. The van der Waals surface area contributed by atoms with Crippen molar-refractivity contribution in [1.29, 1.82) is 0 Å². The number of amides is 1. The van der Waals surface area contributed by atoms with Gasteiger partial charge in [0.15, 0.2) is 5.13 Å². The molecule has 29 heavy (non-hydrogen) atoms. The van der Waals surface area contributed by atoms with Crippen LogP contribution in [0.15, 0.2) is 42.5 Å². The van der Waals surface area contributed by atoms with Gasteiger partial charge in [0.25, 0.3) is 0 Å². The molecule has 2 aliphatic heterocycles. The number of carbonyl (C=O) groups is 1. The number of anilines is 2. The predicted molar refractivity (Wildman–Crippen MR) is 116 cm³/mol. The van der Waals surface area contributed by atoms with Crippen molar-refractivity contribution in [2.24, 2.45) is 5.92 Å². The minimum absolute atomic E-state index is 0.0151. The van der Waals surface area contributed by atoms with Gasteiger partial charge in [-0.1, -0.05) is 41.1 Å². The van der Waals surface area contributed by atoms with E-state index < -0.39 is 0 Å². The average Bonchev–Trinajstić information content (AvgIpc) is 3.12. The molecule has 0 spiro atoms. The molecule has 2 saturated heterocycles. The minimum atomic E-state index is -0.297. The molecule has 8 heteroatoms. The fourth-order valence-electron chi connectivity index (χ4n) is 3.96. The lowest BCUT2D eigenvalue weighted by Gasteiger charge is -2.43. The summed E-state index contributed by atoms with van der Waals surface area (Å²) in [5.41, 5.74) is 1.44. The Balaban J connectivity index is 1.18. The molecule has 0 radical (unpaired) electrons. The lowest BCUT2D eigenvalue weighted by Crippen LogP contribution is -2.58. The Morgan fingerprint density at radius 1 is 1.03 bits per heavy atom. The quantitative estimate of drug-likeness (QED) is 0.632. The number of aromatic nitrogens is 1. The molecular formula is C21H20ClFN4OS. The highest BCUT2D eigenvalue weighted by Crippen LogP contribution is 2.34. The monoisotopic (exact) mass is 430 g/mol.